The second-order valence-electron chi connectivity index (χ2n) is 4.74. The van der Waals surface area contributed by atoms with Crippen LogP contribution in [-0.4, -0.2) is 44.9 Å². The third-order valence-corrected chi connectivity index (χ3v) is 2.72. The van der Waals surface area contributed by atoms with E-state index in [0.717, 1.165) is 19.3 Å². The highest BCUT2D eigenvalue weighted by Gasteiger charge is 2.26. The Morgan fingerprint density at radius 3 is 2.61 bits per heavy atom. The van der Waals surface area contributed by atoms with Gasteiger partial charge in [0.15, 0.2) is 0 Å². The normalized spacial score (nSPS) is 14.2. The van der Waals surface area contributed by atoms with Gasteiger partial charge in [-0.05, 0) is 26.2 Å². The maximum Gasteiger partial charge on any atom is 0.239 e. The highest BCUT2D eigenvalue weighted by atomic mass is 16.5. The van der Waals surface area contributed by atoms with Crippen LogP contribution in [0.1, 0.15) is 39.5 Å². The van der Waals surface area contributed by atoms with Gasteiger partial charge in [0.05, 0.1) is 18.8 Å². The van der Waals surface area contributed by atoms with Crippen LogP contribution in [0.2, 0.25) is 0 Å². The third kappa shape index (κ3) is 8.44. The Bertz CT molecular complexity index is 220. The Morgan fingerprint density at radius 2 is 2.00 bits per heavy atom. The van der Waals surface area contributed by atoms with Crippen molar-refractivity contribution in [3.63, 3.8) is 0 Å². The second-order valence-corrected chi connectivity index (χ2v) is 4.74. The Kier molecular flexibility index (Phi) is 9.92. The van der Waals surface area contributed by atoms with E-state index in [9.17, 15) is 4.79 Å². The largest absolute Gasteiger partial charge is 0.382 e. The van der Waals surface area contributed by atoms with E-state index in [2.05, 4.69) is 5.32 Å². The lowest BCUT2D eigenvalue weighted by molar-refractivity contribution is -0.126. The molecule has 5 heteroatoms. The molecule has 3 N–H and O–H groups in total. The molecule has 1 amide bonds. The molecule has 1 atom stereocenters. The van der Waals surface area contributed by atoms with Crippen molar-refractivity contribution >= 4 is 5.91 Å². The van der Waals surface area contributed by atoms with Gasteiger partial charge in [0.1, 0.15) is 0 Å². The number of hydrogen-bond acceptors (Lipinski definition) is 4. The zero-order chi connectivity index (χ0) is 13.9. The number of hydrogen-bond donors (Lipinski definition) is 2. The summed E-state index contributed by atoms with van der Waals surface area (Å²) >= 11 is 0. The first-order chi connectivity index (χ1) is 8.54. The van der Waals surface area contributed by atoms with Gasteiger partial charge in [-0.15, -0.1) is 0 Å². The minimum Gasteiger partial charge on any atom is -0.382 e. The molecule has 0 rings (SSSR count). The fourth-order valence-electron chi connectivity index (χ4n) is 1.61. The molecular formula is C13H28N2O3. The molecule has 0 spiro atoms. The zero-order valence-electron chi connectivity index (χ0n) is 12.0. The fraction of sp³-hybridized carbons (Fsp3) is 0.923. The summed E-state index contributed by atoms with van der Waals surface area (Å²) in [5.74, 6) is -0.0651. The van der Waals surface area contributed by atoms with E-state index in [1.807, 2.05) is 6.92 Å². The van der Waals surface area contributed by atoms with Crippen LogP contribution in [0.4, 0.5) is 0 Å². The van der Waals surface area contributed by atoms with Crippen molar-refractivity contribution in [1.82, 2.24) is 5.32 Å². The van der Waals surface area contributed by atoms with Gasteiger partial charge in [0.25, 0.3) is 0 Å². The van der Waals surface area contributed by atoms with Crippen molar-refractivity contribution < 1.29 is 14.3 Å². The topological polar surface area (TPSA) is 73.6 Å². The van der Waals surface area contributed by atoms with Crippen LogP contribution in [0.3, 0.4) is 0 Å². The van der Waals surface area contributed by atoms with Crippen LogP contribution in [0, 0.1) is 0 Å². The van der Waals surface area contributed by atoms with E-state index in [0.29, 0.717) is 32.8 Å². The SMILES string of the molecule is CCCC(C)(N)C(=O)NCCCCOCCOC. The number of unbranched alkanes of at least 4 members (excludes halogenated alkanes) is 1. The van der Waals surface area contributed by atoms with Crippen LogP contribution < -0.4 is 11.1 Å². The highest BCUT2D eigenvalue weighted by Crippen LogP contribution is 2.08. The van der Waals surface area contributed by atoms with Crippen LogP contribution >= 0.6 is 0 Å². The summed E-state index contributed by atoms with van der Waals surface area (Å²) in [6.45, 7) is 6.41. The van der Waals surface area contributed by atoms with Gasteiger partial charge in [0, 0.05) is 20.3 Å². The Hall–Kier alpha value is -0.650. The van der Waals surface area contributed by atoms with Gasteiger partial charge in [-0.1, -0.05) is 13.3 Å². The number of nitrogens with two attached hydrogens (primary N) is 1. The molecule has 0 bridgehead atoms. The number of carbonyl (C=O) groups is 1. The predicted octanol–water partition coefficient (Wildman–Crippen LogP) is 1.06. The molecule has 0 aromatic heterocycles. The third-order valence-electron chi connectivity index (χ3n) is 2.72. The molecule has 1 unspecified atom stereocenters. The molecule has 0 heterocycles. The molecule has 5 nitrogen and oxygen atoms in total. The van der Waals surface area contributed by atoms with Gasteiger partial charge >= 0.3 is 0 Å². The summed E-state index contributed by atoms with van der Waals surface area (Å²) in [7, 11) is 1.65. The molecule has 0 saturated carbocycles. The average Bonchev–Trinajstić information content (AvgIpc) is 2.32. The zero-order valence-corrected chi connectivity index (χ0v) is 12.0. The smallest absolute Gasteiger partial charge is 0.239 e. The maximum atomic E-state index is 11.7. The maximum absolute atomic E-state index is 11.7. The minimum atomic E-state index is -0.746. The number of rotatable bonds is 11. The molecule has 0 aromatic rings. The van der Waals surface area contributed by atoms with Gasteiger partial charge in [-0.2, -0.15) is 0 Å². The number of ether oxygens (including phenoxy) is 2. The van der Waals surface area contributed by atoms with Crippen LogP contribution in [0.5, 0.6) is 0 Å². The molecule has 0 aliphatic heterocycles. The lowest BCUT2D eigenvalue weighted by atomic mass is 9.96. The van der Waals surface area contributed by atoms with Gasteiger partial charge in [-0.25, -0.2) is 0 Å². The van der Waals surface area contributed by atoms with Crippen LogP contribution in [-0.2, 0) is 14.3 Å². The molecule has 0 saturated heterocycles. The lowest BCUT2D eigenvalue weighted by Gasteiger charge is -2.22. The number of carbonyl (C=O) groups excluding carboxylic acids is 1. The molecule has 18 heavy (non-hydrogen) atoms. The highest BCUT2D eigenvalue weighted by molar-refractivity contribution is 5.85. The van der Waals surface area contributed by atoms with Crippen LogP contribution in [0.15, 0.2) is 0 Å². The summed E-state index contributed by atoms with van der Waals surface area (Å²) in [5, 5.41) is 2.87. The van der Waals surface area contributed by atoms with E-state index >= 15 is 0 Å². The first-order valence-electron chi connectivity index (χ1n) is 6.68. The molecule has 0 aliphatic rings. The van der Waals surface area contributed by atoms with Crippen molar-refractivity contribution in [3.8, 4) is 0 Å². The van der Waals surface area contributed by atoms with E-state index < -0.39 is 5.54 Å². The fourth-order valence-corrected chi connectivity index (χ4v) is 1.61. The molecule has 108 valence electrons. The second kappa shape index (κ2) is 10.3. The van der Waals surface area contributed by atoms with Gasteiger partial charge in [-0.3, -0.25) is 4.79 Å². The number of nitrogens with one attached hydrogen (secondary N) is 1. The van der Waals surface area contributed by atoms with E-state index in [1.54, 1.807) is 14.0 Å². The Balaban J connectivity index is 3.46. The first-order valence-corrected chi connectivity index (χ1v) is 6.68. The quantitative estimate of drug-likeness (QED) is 0.545. The van der Waals surface area contributed by atoms with Gasteiger partial charge in [0.2, 0.25) is 5.91 Å². The van der Waals surface area contributed by atoms with Gasteiger partial charge < -0.3 is 20.5 Å². The summed E-state index contributed by atoms with van der Waals surface area (Å²) in [4.78, 5) is 11.7. The van der Waals surface area contributed by atoms with E-state index in [1.165, 1.54) is 0 Å². The summed E-state index contributed by atoms with van der Waals surface area (Å²) in [5.41, 5.74) is 5.17. The summed E-state index contributed by atoms with van der Waals surface area (Å²) in [6, 6.07) is 0. The van der Waals surface area contributed by atoms with Crippen molar-refractivity contribution in [1.29, 1.82) is 0 Å². The van der Waals surface area contributed by atoms with Crippen LogP contribution in [0.25, 0.3) is 0 Å². The molecular weight excluding hydrogens is 232 g/mol. The minimum absolute atomic E-state index is 0.0651. The Morgan fingerprint density at radius 1 is 1.28 bits per heavy atom. The van der Waals surface area contributed by atoms with Crippen molar-refractivity contribution in [2.24, 2.45) is 5.73 Å². The standard InChI is InChI=1S/C13H28N2O3/c1-4-7-13(2,14)12(16)15-8-5-6-9-18-11-10-17-3/h4-11,14H2,1-3H3,(H,15,16). The number of methoxy groups -OCH3 is 1. The molecule has 0 aromatic carbocycles. The monoisotopic (exact) mass is 260 g/mol. The van der Waals surface area contributed by atoms with Crippen molar-refractivity contribution in [3.05, 3.63) is 0 Å². The average molecular weight is 260 g/mol. The predicted molar refractivity (Wildman–Crippen MR) is 72.4 cm³/mol. The molecule has 0 fully saturated rings. The van der Waals surface area contributed by atoms with E-state index in [-0.39, 0.29) is 5.91 Å². The summed E-state index contributed by atoms with van der Waals surface area (Å²) < 4.78 is 10.2. The molecule has 0 radical (unpaired) electrons. The lowest BCUT2D eigenvalue weighted by Crippen LogP contribution is -2.51. The van der Waals surface area contributed by atoms with Crippen molar-refractivity contribution in [2.45, 2.75) is 45.1 Å². The first kappa shape index (κ1) is 17.4. The van der Waals surface area contributed by atoms with E-state index in [4.69, 9.17) is 15.2 Å². The summed E-state index contributed by atoms with van der Waals surface area (Å²) in [6.07, 6.45) is 3.45. The Labute approximate surface area is 110 Å². The molecule has 0 aliphatic carbocycles. The number of amides is 1. The van der Waals surface area contributed by atoms with Crippen molar-refractivity contribution in [2.75, 3.05) is 33.5 Å².